The highest BCUT2D eigenvalue weighted by molar-refractivity contribution is 6.63. The fraction of sp³-hybridized carbons (Fsp3) is 0.652. The molecule has 2 heterocycles. The second-order valence-electron chi connectivity index (χ2n) is 10.4. The highest BCUT2D eigenvalue weighted by Crippen LogP contribution is 2.36. The molecule has 0 bridgehead atoms. The van der Waals surface area contributed by atoms with E-state index in [1.807, 2.05) is 79.7 Å². The summed E-state index contributed by atoms with van der Waals surface area (Å²) in [6.07, 6.45) is -0.343. The van der Waals surface area contributed by atoms with Crippen molar-refractivity contribution in [1.82, 2.24) is 9.80 Å². The largest absolute Gasteiger partial charge is 0.495 e. The van der Waals surface area contributed by atoms with Gasteiger partial charge in [0.25, 0.3) is 5.91 Å². The minimum atomic E-state index is -0.606. The summed E-state index contributed by atoms with van der Waals surface area (Å²) in [5.41, 5.74) is -0.221. The molecule has 0 aliphatic carbocycles. The molecule has 3 rings (SSSR count). The molecule has 0 unspecified atom stereocenters. The van der Waals surface area contributed by atoms with Crippen molar-refractivity contribution >= 4 is 24.6 Å². The molecule has 0 spiro atoms. The highest BCUT2D eigenvalue weighted by Gasteiger charge is 2.52. The molecule has 1 atom stereocenters. The maximum atomic E-state index is 13.4. The molecule has 2 fully saturated rings. The van der Waals surface area contributed by atoms with Crippen molar-refractivity contribution in [2.24, 2.45) is 0 Å². The van der Waals surface area contributed by atoms with Gasteiger partial charge in [0.2, 0.25) is 0 Å². The maximum absolute atomic E-state index is 13.4. The van der Waals surface area contributed by atoms with Crippen molar-refractivity contribution < 1.29 is 23.6 Å². The third kappa shape index (κ3) is 4.90. The van der Waals surface area contributed by atoms with Gasteiger partial charge in [0, 0.05) is 31.2 Å². The molecule has 0 saturated carbocycles. The summed E-state index contributed by atoms with van der Waals surface area (Å²) in [5.74, 6) is -0.0824. The SMILES string of the molecule is C[C@H]1CN(C(=O)c2ccccc2B2OC(C)(C)C(C)(C)O2)CCN1C(=O)OC(C)(C)C. The molecule has 8 heteroatoms. The summed E-state index contributed by atoms with van der Waals surface area (Å²) in [5, 5.41) is 0. The lowest BCUT2D eigenvalue weighted by atomic mass is 9.75. The Morgan fingerprint density at radius 3 is 2.19 bits per heavy atom. The van der Waals surface area contributed by atoms with E-state index in [0.717, 1.165) is 5.46 Å². The van der Waals surface area contributed by atoms with E-state index in [2.05, 4.69) is 0 Å². The molecule has 0 aromatic heterocycles. The molecule has 0 N–H and O–H groups in total. The number of benzene rings is 1. The summed E-state index contributed by atoms with van der Waals surface area (Å²) in [6.45, 7) is 16.8. The molecule has 31 heavy (non-hydrogen) atoms. The normalized spacial score (nSPS) is 23.1. The predicted octanol–water partition coefficient (Wildman–Crippen LogP) is 3.07. The van der Waals surface area contributed by atoms with Crippen LogP contribution < -0.4 is 5.46 Å². The third-order valence-electron chi connectivity index (χ3n) is 6.24. The van der Waals surface area contributed by atoms with E-state index in [-0.39, 0.29) is 18.0 Å². The Hall–Kier alpha value is -2.06. The van der Waals surface area contributed by atoms with Gasteiger partial charge in [-0.05, 0) is 66.9 Å². The summed E-state index contributed by atoms with van der Waals surface area (Å²) in [6, 6.07) is 7.29. The molecule has 2 aliphatic rings. The van der Waals surface area contributed by atoms with Gasteiger partial charge in [0.1, 0.15) is 5.60 Å². The van der Waals surface area contributed by atoms with Crippen LogP contribution in [0.1, 0.15) is 65.7 Å². The molecule has 2 amide bonds. The number of rotatable bonds is 2. The number of hydrogen-bond acceptors (Lipinski definition) is 5. The molecule has 170 valence electrons. The first-order chi connectivity index (χ1) is 14.2. The Kier molecular flexibility index (Phi) is 6.19. The Bertz CT molecular complexity index is 833. The van der Waals surface area contributed by atoms with Gasteiger partial charge in [-0.3, -0.25) is 4.79 Å². The van der Waals surface area contributed by atoms with Crippen LogP contribution in [0.3, 0.4) is 0 Å². The van der Waals surface area contributed by atoms with Crippen LogP contribution in [0, 0.1) is 0 Å². The Balaban J connectivity index is 1.75. The van der Waals surface area contributed by atoms with Crippen molar-refractivity contribution in [1.29, 1.82) is 0 Å². The number of amides is 2. The lowest BCUT2D eigenvalue weighted by molar-refractivity contribution is 0.00200. The van der Waals surface area contributed by atoms with E-state index in [1.54, 1.807) is 9.80 Å². The van der Waals surface area contributed by atoms with E-state index in [0.29, 0.717) is 25.2 Å². The number of hydrogen-bond donors (Lipinski definition) is 0. The maximum Gasteiger partial charge on any atom is 0.495 e. The number of carbonyl (C=O) groups excluding carboxylic acids is 2. The monoisotopic (exact) mass is 430 g/mol. The molecule has 2 aliphatic heterocycles. The van der Waals surface area contributed by atoms with Crippen LogP contribution in [0.25, 0.3) is 0 Å². The fourth-order valence-corrected chi connectivity index (χ4v) is 3.77. The Labute approximate surface area is 186 Å². The molecule has 2 saturated heterocycles. The Morgan fingerprint density at radius 2 is 1.65 bits per heavy atom. The highest BCUT2D eigenvalue weighted by atomic mass is 16.7. The van der Waals surface area contributed by atoms with E-state index in [1.165, 1.54) is 0 Å². The van der Waals surface area contributed by atoms with Crippen LogP contribution >= 0.6 is 0 Å². The van der Waals surface area contributed by atoms with Gasteiger partial charge in [-0.1, -0.05) is 18.2 Å². The van der Waals surface area contributed by atoms with E-state index in [4.69, 9.17) is 14.0 Å². The summed E-state index contributed by atoms with van der Waals surface area (Å²) >= 11 is 0. The molecule has 1 aromatic rings. The zero-order valence-electron chi connectivity index (χ0n) is 20.0. The van der Waals surface area contributed by atoms with Gasteiger partial charge >= 0.3 is 13.2 Å². The van der Waals surface area contributed by atoms with E-state index in [9.17, 15) is 9.59 Å². The van der Waals surface area contributed by atoms with Crippen LogP contribution in [0.2, 0.25) is 0 Å². The third-order valence-corrected chi connectivity index (χ3v) is 6.24. The average Bonchev–Trinajstić information content (AvgIpc) is 2.86. The quantitative estimate of drug-likeness (QED) is 0.675. The first-order valence-electron chi connectivity index (χ1n) is 11.0. The standard InChI is InChI=1S/C23H35BN2O5/c1-16-15-25(13-14-26(16)20(28)29-21(2,3)4)19(27)17-11-9-10-12-18(17)24-30-22(5,6)23(7,8)31-24/h9-12,16H,13-15H2,1-8H3/t16-/m0/s1. The van der Waals surface area contributed by atoms with E-state index < -0.39 is 23.9 Å². The molecule has 7 nitrogen and oxygen atoms in total. The summed E-state index contributed by atoms with van der Waals surface area (Å²) < 4.78 is 17.9. The van der Waals surface area contributed by atoms with Crippen molar-refractivity contribution in [2.45, 2.75) is 78.2 Å². The number of nitrogens with zero attached hydrogens (tertiary/aromatic N) is 2. The van der Waals surface area contributed by atoms with Gasteiger partial charge in [0.05, 0.1) is 11.2 Å². The van der Waals surface area contributed by atoms with Crippen molar-refractivity contribution in [3.05, 3.63) is 29.8 Å². The Morgan fingerprint density at radius 1 is 1.06 bits per heavy atom. The van der Waals surface area contributed by atoms with Crippen LogP contribution in [0.15, 0.2) is 24.3 Å². The topological polar surface area (TPSA) is 68.3 Å². The second kappa shape index (κ2) is 8.13. The molecule has 0 radical (unpaired) electrons. The van der Waals surface area contributed by atoms with Gasteiger partial charge < -0.3 is 23.8 Å². The van der Waals surface area contributed by atoms with Crippen LogP contribution in [0.4, 0.5) is 4.79 Å². The van der Waals surface area contributed by atoms with Crippen LogP contribution in [-0.2, 0) is 14.0 Å². The molecule has 1 aromatic carbocycles. The average molecular weight is 430 g/mol. The van der Waals surface area contributed by atoms with Gasteiger partial charge in [-0.2, -0.15) is 0 Å². The lowest BCUT2D eigenvalue weighted by Gasteiger charge is -2.40. The van der Waals surface area contributed by atoms with Crippen LogP contribution in [0.5, 0.6) is 0 Å². The minimum Gasteiger partial charge on any atom is -0.444 e. The predicted molar refractivity (Wildman–Crippen MR) is 120 cm³/mol. The van der Waals surface area contributed by atoms with Gasteiger partial charge in [-0.25, -0.2) is 4.79 Å². The fourth-order valence-electron chi connectivity index (χ4n) is 3.77. The zero-order valence-corrected chi connectivity index (χ0v) is 20.0. The second-order valence-corrected chi connectivity index (χ2v) is 10.4. The van der Waals surface area contributed by atoms with Gasteiger partial charge in [-0.15, -0.1) is 0 Å². The summed E-state index contributed by atoms with van der Waals surface area (Å²) in [4.78, 5) is 29.4. The number of carbonyl (C=O) groups is 2. The number of ether oxygens (including phenoxy) is 1. The van der Waals surface area contributed by atoms with Crippen LogP contribution in [-0.4, -0.2) is 71.4 Å². The first kappa shape index (κ1) is 23.6. The molecular formula is C23H35BN2O5. The van der Waals surface area contributed by atoms with Crippen molar-refractivity contribution in [3.8, 4) is 0 Å². The van der Waals surface area contributed by atoms with Crippen molar-refractivity contribution in [3.63, 3.8) is 0 Å². The zero-order chi connectivity index (χ0) is 23.2. The smallest absolute Gasteiger partial charge is 0.444 e. The lowest BCUT2D eigenvalue weighted by Crippen LogP contribution is -2.57. The minimum absolute atomic E-state index is 0.0824. The molecular weight excluding hydrogens is 395 g/mol. The number of piperazine rings is 1. The van der Waals surface area contributed by atoms with Crippen molar-refractivity contribution in [2.75, 3.05) is 19.6 Å². The first-order valence-corrected chi connectivity index (χ1v) is 11.0. The summed E-state index contributed by atoms with van der Waals surface area (Å²) in [7, 11) is -0.606. The van der Waals surface area contributed by atoms with Gasteiger partial charge in [0.15, 0.2) is 0 Å². The van der Waals surface area contributed by atoms with E-state index >= 15 is 0 Å².